The topological polar surface area (TPSA) is 44.5 Å². The minimum Gasteiger partial charge on any atom is -0.493 e. The number of nitrogens with two attached hydrogens (primary N) is 1. The summed E-state index contributed by atoms with van der Waals surface area (Å²) in [5.41, 5.74) is 9.57. The maximum atomic E-state index is 6.36. The molecule has 106 valence electrons. The third-order valence-electron chi connectivity index (χ3n) is 3.26. The lowest BCUT2D eigenvalue weighted by Crippen LogP contribution is -2.12. The van der Waals surface area contributed by atoms with E-state index in [0.717, 1.165) is 15.6 Å². The molecule has 0 amide bonds. The van der Waals surface area contributed by atoms with Crippen LogP contribution in [0.5, 0.6) is 11.5 Å². The Balaban J connectivity index is 2.40. The van der Waals surface area contributed by atoms with E-state index >= 15 is 0 Å². The third-order valence-corrected chi connectivity index (χ3v) is 3.94. The standard InChI is InChI=1S/C16H18BrNO2/c1-10-4-6-12(13(17)8-10)16(18)11-5-7-14(19-2)15(9-11)20-3/h4-9,16H,18H2,1-3H3. The van der Waals surface area contributed by atoms with Crippen molar-refractivity contribution in [1.29, 1.82) is 0 Å². The predicted octanol–water partition coefficient (Wildman–Crippen LogP) is 3.82. The molecule has 1 atom stereocenters. The van der Waals surface area contributed by atoms with E-state index in [1.54, 1.807) is 14.2 Å². The van der Waals surface area contributed by atoms with Gasteiger partial charge in [-0.2, -0.15) is 0 Å². The lowest BCUT2D eigenvalue weighted by Gasteiger charge is -2.17. The van der Waals surface area contributed by atoms with Crippen molar-refractivity contribution in [2.45, 2.75) is 13.0 Å². The summed E-state index contributed by atoms with van der Waals surface area (Å²) in [4.78, 5) is 0. The molecule has 4 heteroatoms. The summed E-state index contributed by atoms with van der Waals surface area (Å²) < 4.78 is 11.6. The Morgan fingerprint density at radius 3 is 2.30 bits per heavy atom. The number of benzene rings is 2. The molecular weight excluding hydrogens is 318 g/mol. The van der Waals surface area contributed by atoms with E-state index in [0.29, 0.717) is 11.5 Å². The van der Waals surface area contributed by atoms with Gasteiger partial charge in [-0.05, 0) is 41.8 Å². The summed E-state index contributed by atoms with van der Waals surface area (Å²) in [6, 6.07) is 11.7. The molecule has 0 saturated carbocycles. The quantitative estimate of drug-likeness (QED) is 0.923. The molecular formula is C16H18BrNO2. The average molecular weight is 336 g/mol. The molecule has 1 unspecified atom stereocenters. The van der Waals surface area contributed by atoms with Crippen LogP contribution in [0.25, 0.3) is 0 Å². The molecule has 0 fully saturated rings. The van der Waals surface area contributed by atoms with Gasteiger partial charge in [0.15, 0.2) is 11.5 Å². The third kappa shape index (κ3) is 2.97. The van der Waals surface area contributed by atoms with Crippen LogP contribution in [-0.2, 0) is 0 Å². The lowest BCUT2D eigenvalue weighted by molar-refractivity contribution is 0.354. The molecule has 0 aliphatic carbocycles. The molecule has 0 aliphatic heterocycles. The number of methoxy groups -OCH3 is 2. The highest BCUT2D eigenvalue weighted by molar-refractivity contribution is 9.10. The van der Waals surface area contributed by atoms with Crippen molar-refractivity contribution in [3.63, 3.8) is 0 Å². The van der Waals surface area contributed by atoms with E-state index in [1.807, 2.05) is 24.3 Å². The van der Waals surface area contributed by atoms with Gasteiger partial charge in [0, 0.05) is 4.47 Å². The van der Waals surface area contributed by atoms with Gasteiger partial charge in [0.05, 0.1) is 20.3 Å². The van der Waals surface area contributed by atoms with Crippen molar-refractivity contribution < 1.29 is 9.47 Å². The molecule has 2 aromatic rings. The summed E-state index contributed by atoms with van der Waals surface area (Å²) in [7, 11) is 3.24. The van der Waals surface area contributed by atoms with Crippen molar-refractivity contribution in [2.75, 3.05) is 14.2 Å². The Labute approximate surface area is 127 Å². The van der Waals surface area contributed by atoms with Gasteiger partial charge in [-0.25, -0.2) is 0 Å². The van der Waals surface area contributed by atoms with Gasteiger partial charge in [0.25, 0.3) is 0 Å². The van der Waals surface area contributed by atoms with Crippen LogP contribution >= 0.6 is 15.9 Å². The van der Waals surface area contributed by atoms with Gasteiger partial charge in [-0.3, -0.25) is 0 Å². The molecule has 0 aromatic heterocycles. The smallest absolute Gasteiger partial charge is 0.161 e. The molecule has 0 aliphatic rings. The molecule has 20 heavy (non-hydrogen) atoms. The number of aryl methyl sites for hydroxylation is 1. The highest BCUT2D eigenvalue weighted by atomic mass is 79.9. The van der Waals surface area contributed by atoms with Crippen LogP contribution in [-0.4, -0.2) is 14.2 Å². The van der Waals surface area contributed by atoms with E-state index in [-0.39, 0.29) is 6.04 Å². The molecule has 0 saturated heterocycles. The van der Waals surface area contributed by atoms with Gasteiger partial charge in [0.1, 0.15) is 0 Å². The van der Waals surface area contributed by atoms with Crippen LogP contribution in [0.3, 0.4) is 0 Å². The Kier molecular flexibility index (Phi) is 4.68. The second kappa shape index (κ2) is 6.29. The van der Waals surface area contributed by atoms with Gasteiger partial charge < -0.3 is 15.2 Å². The molecule has 0 spiro atoms. The van der Waals surface area contributed by atoms with Crippen molar-refractivity contribution >= 4 is 15.9 Å². The second-order valence-electron chi connectivity index (χ2n) is 4.62. The predicted molar refractivity (Wildman–Crippen MR) is 84.5 cm³/mol. The van der Waals surface area contributed by atoms with Crippen LogP contribution in [0.15, 0.2) is 40.9 Å². The van der Waals surface area contributed by atoms with Crippen LogP contribution in [0, 0.1) is 6.92 Å². The minimum atomic E-state index is -0.218. The van der Waals surface area contributed by atoms with Crippen molar-refractivity contribution in [1.82, 2.24) is 0 Å². The van der Waals surface area contributed by atoms with Crippen molar-refractivity contribution in [3.05, 3.63) is 57.6 Å². The number of hydrogen-bond acceptors (Lipinski definition) is 3. The summed E-state index contributed by atoms with van der Waals surface area (Å²) in [5, 5.41) is 0. The molecule has 2 N–H and O–H groups in total. The summed E-state index contributed by atoms with van der Waals surface area (Å²) in [5.74, 6) is 1.38. The molecule has 2 rings (SSSR count). The van der Waals surface area contributed by atoms with Gasteiger partial charge in [-0.15, -0.1) is 0 Å². The Morgan fingerprint density at radius 2 is 1.70 bits per heavy atom. The van der Waals surface area contributed by atoms with Crippen molar-refractivity contribution in [2.24, 2.45) is 5.73 Å². The van der Waals surface area contributed by atoms with Crippen LogP contribution in [0.4, 0.5) is 0 Å². The van der Waals surface area contributed by atoms with Gasteiger partial charge in [-0.1, -0.05) is 34.1 Å². The minimum absolute atomic E-state index is 0.218. The van der Waals surface area contributed by atoms with Gasteiger partial charge in [0.2, 0.25) is 0 Å². The Bertz CT molecular complexity index is 613. The van der Waals surface area contributed by atoms with Crippen molar-refractivity contribution in [3.8, 4) is 11.5 Å². The maximum Gasteiger partial charge on any atom is 0.161 e. The van der Waals surface area contributed by atoms with Gasteiger partial charge >= 0.3 is 0 Å². The molecule has 2 aromatic carbocycles. The normalized spacial score (nSPS) is 12.1. The average Bonchev–Trinajstić information content (AvgIpc) is 2.45. The summed E-state index contributed by atoms with van der Waals surface area (Å²) in [6.45, 7) is 2.05. The monoisotopic (exact) mass is 335 g/mol. The zero-order valence-corrected chi connectivity index (χ0v) is 13.4. The van der Waals surface area contributed by atoms with E-state index in [1.165, 1.54) is 5.56 Å². The summed E-state index contributed by atoms with van der Waals surface area (Å²) >= 11 is 3.57. The maximum absolute atomic E-state index is 6.36. The SMILES string of the molecule is COc1ccc(C(N)c2ccc(C)cc2Br)cc1OC. The highest BCUT2D eigenvalue weighted by Gasteiger charge is 2.14. The first-order valence-corrected chi connectivity index (χ1v) is 7.09. The Hall–Kier alpha value is -1.52. The fraction of sp³-hybridized carbons (Fsp3) is 0.250. The van der Waals surface area contributed by atoms with E-state index in [9.17, 15) is 0 Å². The lowest BCUT2D eigenvalue weighted by atomic mass is 9.98. The largest absolute Gasteiger partial charge is 0.493 e. The first-order valence-electron chi connectivity index (χ1n) is 6.30. The second-order valence-corrected chi connectivity index (χ2v) is 5.47. The van der Waals surface area contributed by atoms with Crippen LogP contribution in [0.2, 0.25) is 0 Å². The molecule has 0 heterocycles. The zero-order valence-electron chi connectivity index (χ0n) is 11.8. The van der Waals surface area contributed by atoms with E-state index < -0.39 is 0 Å². The highest BCUT2D eigenvalue weighted by Crippen LogP contribution is 2.33. The fourth-order valence-corrected chi connectivity index (χ4v) is 2.85. The summed E-state index contributed by atoms with van der Waals surface area (Å²) in [6.07, 6.45) is 0. The van der Waals surface area contributed by atoms with E-state index in [4.69, 9.17) is 15.2 Å². The number of rotatable bonds is 4. The Morgan fingerprint density at radius 1 is 1.00 bits per heavy atom. The zero-order chi connectivity index (χ0) is 14.7. The van der Waals surface area contributed by atoms with Crippen LogP contribution in [0.1, 0.15) is 22.7 Å². The molecule has 3 nitrogen and oxygen atoms in total. The number of ether oxygens (including phenoxy) is 2. The number of halogens is 1. The fourth-order valence-electron chi connectivity index (χ4n) is 2.11. The van der Waals surface area contributed by atoms with E-state index in [2.05, 4.69) is 35.0 Å². The molecule has 0 bridgehead atoms. The van der Waals surface area contributed by atoms with Crippen LogP contribution < -0.4 is 15.2 Å². The molecule has 0 radical (unpaired) electrons. The first kappa shape index (κ1) is 14.9. The first-order chi connectivity index (χ1) is 9.56. The number of hydrogen-bond donors (Lipinski definition) is 1.